The van der Waals surface area contributed by atoms with Gasteiger partial charge in [-0.15, -0.1) is 0 Å². The van der Waals surface area contributed by atoms with Gasteiger partial charge in [-0.2, -0.15) is 0 Å². The fourth-order valence-electron chi connectivity index (χ4n) is 3.34. The lowest BCUT2D eigenvalue weighted by molar-refractivity contribution is 0.0394. The van der Waals surface area contributed by atoms with Crippen molar-refractivity contribution < 1.29 is 5.11 Å². The van der Waals surface area contributed by atoms with Crippen molar-refractivity contribution in [3.8, 4) is 11.8 Å². The summed E-state index contributed by atoms with van der Waals surface area (Å²) in [6, 6.07) is 7.68. The molecule has 23 heavy (non-hydrogen) atoms. The number of aryl methyl sites for hydroxylation is 2. The predicted molar refractivity (Wildman–Crippen MR) is 92.5 cm³/mol. The second-order valence-electron chi connectivity index (χ2n) is 6.38. The molecular formula is C19H21ClN2O. The number of benzene rings is 1. The van der Waals surface area contributed by atoms with Crippen LogP contribution in [0.3, 0.4) is 0 Å². The minimum atomic E-state index is -0.949. The first-order valence-electron chi connectivity index (χ1n) is 7.98. The molecule has 1 heterocycles. The van der Waals surface area contributed by atoms with Gasteiger partial charge in [-0.3, -0.25) is 0 Å². The van der Waals surface area contributed by atoms with Gasteiger partial charge in [0.1, 0.15) is 11.4 Å². The van der Waals surface area contributed by atoms with Crippen LogP contribution >= 0.6 is 11.6 Å². The van der Waals surface area contributed by atoms with Gasteiger partial charge in [-0.1, -0.05) is 29.5 Å². The van der Waals surface area contributed by atoms with Crippen molar-refractivity contribution in [1.82, 2.24) is 9.55 Å². The van der Waals surface area contributed by atoms with Crippen LogP contribution in [0.2, 0.25) is 5.02 Å². The van der Waals surface area contributed by atoms with Crippen LogP contribution in [0.25, 0.3) is 0 Å². The number of hydrogen-bond acceptors (Lipinski definition) is 2. The second kappa shape index (κ2) is 6.39. The summed E-state index contributed by atoms with van der Waals surface area (Å²) in [6.45, 7) is 4.01. The lowest BCUT2D eigenvalue weighted by Crippen LogP contribution is -2.35. The highest BCUT2D eigenvalue weighted by molar-refractivity contribution is 6.30. The quantitative estimate of drug-likeness (QED) is 0.802. The van der Waals surface area contributed by atoms with Crippen molar-refractivity contribution in [3.05, 3.63) is 52.6 Å². The monoisotopic (exact) mass is 328 g/mol. The number of nitrogens with zero attached hydrogens (tertiary/aromatic N) is 2. The van der Waals surface area contributed by atoms with E-state index in [1.54, 1.807) is 0 Å². The molecule has 1 saturated carbocycles. The number of aliphatic hydroxyl groups is 1. The molecule has 0 saturated heterocycles. The molecule has 0 bridgehead atoms. The molecule has 0 unspecified atom stereocenters. The van der Waals surface area contributed by atoms with Gasteiger partial charge in [0.25, 0.3) is 0 Å². The maximum absolute atomic E-state index is 10.9. The van der Waals surface area contributed by atoms with Crippen molar-refractivity contribution >= 4 is 11.6 Å². The van der Waals surface area contributed by atoms with E-state index in [4.69, 9.17) is 11.6 Å². The SMILES string of the molecule is Cc1cn([C@@H]2CCC[C@@](O)(C#Cc3cccc(Cl)c3)C2)c(C)n1. The summed E-state index contributed by atoms with van der Waals surface area (Å²) >= 11 is 5.98. The number of aromatic nitrogens is 2. The smallest absolute Gasteiger partial charge is 0.127 e. The van der Waals surface area contributed by atoms with E-state index >= 15 is 0 Å². The van der Waals surface area contributed by atoms with Gasteiger partial charge in [0.15, 0.2) is 0 Å². The second-order valence-corrected chi connectivity index (χ2v) is 6.82. The van der Waals surface area contributed by atoms with E-state index in [-0.39, 0.29) is 6.04 Å². The molecule has 0 aliphatic heterocycles. The summed E-state index contributed by atoms with van der Waals surface area (Å²) in [4.78, 5) is 4.47. The van der Waals surface area contributed by atoms with Gasteiger partial charge in [0.05, 0.1) is 5.69 Å². The molecule has 120 valence electrons. The van der Waals surface area contributed by atoms with Gasteiger partial charge >= 0.3 is 0 Å². The van der Waals surface area contributed by atoms with Crippen LogP contribution in [0, 0.1) is 25.7 Å². The van der Waals surface area contributed by atoms with Gasteiger partial charge in [0.2, 0.25) is 0 Å². The average molecular weight is 329 g/mol. The minimum absolute atomic E-state index is 0.253. The van der Waals surface area contributed by atoms with E-state index in [2.05, 4.69) is 27.6 Å². The van der Waals surface area contributed by atoms with Crippen LogP contribution in [0.5, 0.6) is 0 Å². The van der Waals surface area contributed by atoms with Crippen LogP contribution in [0.15, 0.2) is 30.5 Å². The zero-order chi connectivity index (χ0) is 16.4. The molecule has 1 N–H and O–H groups in total. The summed E-state index contributed by atoms with van der Waals surface area (Å²) in [5, 5.41) is 11.6. The Labute approximate surface area is 142 Å². The Morgan fingerprint density at radius 3 is 2.91 bits per heavy atom. The summed E-state index contributed by atoms with van der Waals surface area (Å²) in [5.41, 5.74) is 0.903. The van der Waals surface area contributed by atoms with Gasteiger partial charge < -0.3 is 9.67 Å². The van der Waals surface area contributed by atoms with E-state index < -0.39 is 5.60 Å². The molecule has 1 aromatic heterocycles. The number of hydrogen-bond donors (Lipinski definition) is 1. The summed E-state index contributed by atoms with van der Waals surface area (Å²) in [5.74, 6) is 7.16. The molecule has 1 aliphatic rings. The third kappa shape index (κ3) is 3.77. The zero-order valence-electron chi connectivity index (χ0n) is 13.5. The number of rotatable bonds is 1. The van der Waals surface area contributed by atoms with Gasteiger partial charge in [-0.05, 0) is 51.3 Å². The average Bonchev–Trinajstić information content (AvgIpc) is 2.84. The van der Waals surface area contributed by atoms with Crippen molar-refractivity contribution in [2.24, 2.45) is 0 Å². The summed E-state index contributed by atoms with van der Waals surface area (Å²) in [6.07, 6.45) is 5.43. The first kappa shape index (κ1) is 16.1. The van der Waals surface area contributed by atoms with Crippen LogP contribution in [-0.2, 0) is 0 Å². The minimum Gasteiger partial charge on any atom is -0.378 e. The Bertz CT molecular complexity index is 771. The molecule has 4 heteroatoms. The predicted octanol–water partition coefficient (Wildman–Crippen LogP) is 4.05. The molecule has 0 amide bonds. The standard InChI is InChI=1S/C19H21ClN2O/c1-14-13-22(15(2)21-14)18-7-4-9-19(23,12-18)10-8-16-5-3-6-17(20)11-16/h3,5-6,11,13,18,23H,4,7,9,12H2,1-2H3/t18-,19-/m1/s1. The lowest BCUT2D eigenvalue weighted by atomic mass is 9.82. The molecule has 1 aliphatic carbocycles. The van der Waals surface area contributed by atoms with Crippen molar-refractivity contribution in [3.63, 3.8) is 0 Å². The maximum Gasteiger partial charge on any atom is 0.127 e. The Balaban J connectivity index is 1.81. The number of imidazole rings is 1. The first-order chi connectivity index (χ1) is 11.0. The van der Waals surface area contributed by atoms with E-state index in [9.17, 15) is 5.11 Å². The molecule has 2 aromatic rings. The van der Waals surface area contributed by atoms with Crippen LogP contribution in [-0.4, -0.2) is 20.3 Å². The summed E-state index contributed by atoms with van der Waals surface area (Å²) < 4.78 is 2.18. The maximum atomic E-state index is 10.9. The van der Waals surface area contributed by atoms with E-state index in [1.807, 2.05) is 38.1 Å². The third-order valence-corrected chi connectivity index (χ3v) is 4.63. The van der Waals surface area contributed by atoms with Crippen molar-refractivity contribution in [2.75, 3.05) is 0 Å². The van der Waals surface area contributed by atoms with Crippen LogP contribution < -0.4 is 0 Å². The van der Waals surface area contributed by atoms with E-state index in [0.29, 0.717) is 17.9 Å². The van der Waals surface area contributed by atoms with Gasteiger partial charge in [-0.25, -0.2) is 4.98 Å². The first-order valence-corrected chi connectivity index (χ1v) is 8.36. The molecule has 0 radical (unpaired) electrons. The highest BCUT2D eigenvalue weighted by Gasteiger charge is 2.34. The molecule has 2 atom stereocenters. The van der Waals surface area contributed by atoms with Crippen molar-refractivity contribution in [2.45, 2.75) is 51.2 Å². The largest absolute Gasteiger partial charge is 0.378 e. The molecule has 1 fully saturated rings. The molecule has 0 spiro atoms. The van der Waals surface area contributed by atoms with Crippen LogP contribution in [0.1, 0.15) is 48.8 Å². The fourth-order valence-corrected chi connectivity index (χ4v) is 3.53. The van der Waals surface area contributed by atoms with E-state index in [0.717, 1.165) is 29.9 Å². The Morgan fingerprint density at radius 2 is 2.22 bits per heavy atom. The fraction of sp³-hybridized carbons (Fsp3) is 0.421. The van der Waals surface area contributed by atoms with Gasteiger partial charge in [0, 0.05) is 29.2 Å². The Morgan fingerprint density at radius 1 is 1.39 bits per heavy atom. The Kier molecular flexibility index (Phi) is 4.48. The van der Waals surface area contributed by atoms with E-state index in [1.165, 1.54) is 0 Å². The molecular weight excluding hydrogens is 308 g/mol. The number of halogens is 1. The molecule has 3 nitrogen and oxygen atoms in total. The highest BCUT2D eigenvalue weighted by Crippen LogP contribution is 2.36. The molecule has 3 rings (SSSR count). The normalized spacial score (nSPS) is 24.1. The summed E-state index contributed by atoms with van der Waals surface area (Å²) in [7, 11) is 0. The topological polar surface area (TPSA) is 38.0 Å². The zero-order valence-corrected chi connectivity index (χ0v) is 14.3. The Hall–Kier alpha value is -1.76. The highest BCUT2D eigenvalue weighted by atomic mass is 35.5. The van der Waals surface area contributed by atoms with Crippen LogP contribution in [0.4, 0.5) is 0 Å². The van der Waals surface area contributed by atoms with Crippen molar-refractivity contribution in [1.29, 1.82) is 0 Å². The third-order valence-electron chi connectivity index (χ3n) is 4.40. The lowest BCUT2D eigenvalue weighted by Gasteiger charge is -2.34. The molecule has 1 aromatic carbocycles.